The molecule has 0 amide bonds. The van der Waals surface area contributed by atoms with Gasteiger partial charge in [0.15, 0.2) is 22.5 Å². The lowest BCUT2D eigenvalue weighted by Crippen LogP contribution is -2.21. The smallest absolute Gasteiger partial charge is 0.196 e. The Hall–Kier alpha value is -2.78. The molecule has 1 aromatic carbocycles. The molecule has 2 aromatic heterocycles. The molecule has 170 valence electrons. The van der Waals surface area contributed by atoms with Crippen molar-refractivity contribution in [3.63, 3.8) is 0 Å². The molecule has 2 heterocycles. The summed E-state index contributed by atoms with van der Waals surface area (Å²) in [6.45, 7) is 8.87. The summed E-state index contributed by atoms with van der Waals surface area (Å²) in [7, 11) is 3.88. The first kappa shape index (κ1) is 23.9. The summed E-state index contributed by atoms with van der Waals surface area (Å²) in [6, 6.07) is 6.05. The maximum Gasteiger partial charge on any atom is 0.196 e. The number of aryl methyl sites for hydroxylation is 1. The SMILES string of the molecule is CC(=O)c1c(C)[nH]c(C(=O)C(C)Sc2nnc(C(C)N(C)C)n2-c2ccc(F)cc2)c1C. The van der Waals surface area contributed by atoms with E-state index in [0.29, 0.717) is 39.2 Å². The number of aromatic nitrogens is 4. The van der Waals surface area contributed by atoms with Crippen molar-refractivity contribution < 1.29 is 14.0 Å². The number of carbonyl (C=O) groups is 2. The molecule has 2 atom stereocenters. The van der Waals surface area contributed by atoms with Gasteiger partial charge in [-0.05, 0) is 78.5 Å². The summed E-state index contributed by atoms with van der Waals surface area (Å²) in [5.41, 5.74) is 3.05. The van der Waals surface area contributed by atoms with Crippen molar-refractivity contribution >= 4 is 23.3 Å². The first-order valence-electron chi connectivity index (χ1n) is 10.3. The number of aromatic amines is 1. The quantitative estimate of drug-likeness (QED) is 0.395. The zero-order chi connectivity index (χ0) is 23.7. The predicted molar refractivity (Wildman–Crippen MR) is 123 cm³/mol. The topological polar surface area (TPSA) is 83.9 Å². The van der Waals surface area contributed by atoms with Crippen molar-refractivity contribution in [2.24, 2.45) is 0 Å². The Balaban J connectivity index is 1.98. The van der Waals surface area contributed by atoms with Crippen molar-refractivity contribution in [3.8, 4) is 5.69 Å². The fourth-order valence-electron chi connectivity index (χ4n) is 3.63. The lowest BCUT2D eigenvalue weighted by Gasteiger charge is -2.21. The second-order valence-corrected chi connectivity index (χ2v) is 9.41. The first-order valence-corrected chi connectivity index (χ1v) is 11.2. The number of rotatable bonds is 8. The van der Waals surface area contributed by atoms with Gasteiger partial charge >= 0.3 is 0 Å². The number of H-pyrrole nitrogens is 1. The van der Waals surface area contributed by atoms with Crippen LogP contribution in [0.2, 0.25) is 0 Å². The van der Waals surface area contributed by atoms with E-state index in [1.165, 1.54) is 30.8 Å². The molecule has 0 bridgehead atoms. The minimum Gasteiger partial charge on any atom is -0.355 e. The maximum atomic E-state index is 13.5. The fraction of sp³-hybridized carbons (Fsp3) is 0.391. The summed E-state index contributed by atoms with van der Waals surface area (Å²) in [6.07, 6.45) is 0. The van der Waals surface area contributed by atoms with E-state index in [-0.39, 0.29) is 23.4 Å². The number of hydrogen-bond donors (Lipinski definition) is 1. The largest absolute Gasteiger partial charge is 0.355 e. The predicted octanol–water partition coefficient (Wildman–Crippen LogP) is 4.54. The van der Waals surface area contributed by atoms with E-state index in [2.05, 4.69) is 15.2 Å². The van der Waals surface area contributed by atoms with Gasteiger partial charge in [-0.1, -0.05) is 11.8 Å². The van der Waals surface area contributed by atoms with Crippen LogP contribution in [-0.4, -0.2) is 55.6 Å². The summed E-state index contributed by atoms with van der Waals surface area (Å²) in [5, 5.41) is 8.77. The standard InChI is InChI=1S/C23H28FN5O2S/c1-12-19(15(4)30)13(2)25-20(12)21(31)16(5)32-23-27-26-22(14(3)28(6)7)29(23)18-10-8-17(24)9-11-18/h8-11,14,16,25H,1-7H3. The van der Waals surface area contributed by atoms with Crippen molar-refractivity contribution in [2.75, 3.05) is 14.1 Å². The Bertz CT molecular complexity index is 1150. The molecule has 32 heavy (non-hydrogen) atoms. The average Bonchev–Trinajstić information content (AvgIpc) is 3.27. The van der Waals surface area contributed by atoms with Crippen LogP contribution in [0.25, 0.3) is 5.69 Å². The normalized spacial score (nSPS) is 13.4. The van der Waals surface area contributed by atoms with Gasteiger partial charge in [-0.3, -0.25) is 19.1 Å². The van der Waals surface area contributed by atoms with Crippen LogP contribution in [0.1, 0.15) is 64.7 Å². The van der Waals surface area contributed by atoms with Crippen molar-refractivity contribution in [1.82, 2.24) is 24.6 Å². The number of thioether (sulfide) groups is 1. The molecule has 0 spiro atoms. The van der Waals surface area contributed by atoms with Gasteiger partial charge in [0, 0.05) is 16.9 Å². The van der Waals surface area contributed by atoms with E-state index in [9.17, 15) is 14.0 Å². The second-order valence-electron chi connectivity index (χ2n) is 8.10. The van der Waals surface area contributed by atoms with Crippen LogP contribution in [0.4, 0.5) is 4.39 Å². The maximum absolute atomic E-state index is 13.5. The van der Waals surface area contributed by atoms with Gasteiger partial charge in [-0.2, -0.15) is 0 Å². The molecule has 0 aliphatic heterocycles. The van der Waals surface area contributed by atoms with E-state index in [1.54, 1.807) is 32.9 Å². The van der Waals surface area contributed by atoms with E-state index < -0.39 is 5.25 Å². The molecule has 9 heteroatoms. The molecule has 0 radical (unpaired) electrons. The Morgan fingerprint density at radius 1 is 1.12 bits per heavy atom. The van der Waals surface area contributed by atoms with E-state index in [0.717, 1.165) is 0 Å². The van der Waals surface area contributed by atoms with Crippen LogP contribution in [0.5, 0.6) is 0 Å². The number of halogens is 1. The Morgan fingerprint density at radius 2 is 1.75 bits per heavy atom. The third-order valence-corrected chi connectivity index (χ3v) is 6.62. The number of Topliss-reactive ketones (excluding diaryl/α,β-unsaturated/α-hetero) is 2. The average molecular weight is 458 g/mol. The molecule has 0 aliphatic carbocycles. The third kappa shape index (κ3) is 4.54. The lowest BCUT2D eigenvalue weighted by molar-refractivity contribution is 0.0988. The molecule has 2 unspecified atom stereocenters. The lowest BCUT2D eigenvalue weighted by atomic mass is 10.0. The van der Waals surface area contributed by atoms with Crippen LogP contribution in [0.3, 0.4) is 0 Å². The molecule has 3 rings (SSSR count). The number of nitrogens with one attached hydrogen (secondary N) is 1. The molecule has 1 N–H and O–H groups in total. The number of nitrogens with zero attached hydrogens (tertiary/aromatic N) is 4. The Morgan fingerprint density at radius 3 is 2.28 bits per heavy atom. The van der Waals surface area contributed by atoms with Crippen molar-refractivity contribution in [2.45, 2.75) is 51.1 Å². The highest BCUT2D eigenvalue weighted by molar-refractivity contribution is 8.00. The zero-order valence-electron chi connectivity index (χ0n) is 19.4. The van der Waals surface area contributed by atoms with E-state index >= 15 is 0 Å². The van der Waals surface area contributed by atoms with Gasteiger partial charge in [-0.15, -0.1) is 10.2 Å². The van der Waals surface area contributed by atoms with Gasteiger partial charge in [0.05, 0.1) is 17.0 Å². The summed E-state index contributed by atoms with van der Waals surface area (Å²) in [5.74, 6) is 0.156. The van der Waals surface area contributed by atoms with Gasteiger partial charge < -0.3 is 4.98 Å². The summed E-state index contributed by atoms with van der Waals surface area (Å²) >= 11 is 1.28. The van der Waals surface area contributed by atoms with Crippen LogP contribution >= 0.6 is 11.8 Å². The highest BCUT2D eigenvalue weighted by Gasteiger charge is 2.28. The van der Waals surface area contributed by atoms with Crippen LogP contribution in [0.15, 0.2) is 29.4 Å². The van der Waals surface area contributed by atoms with Crippen LogP contribution < -0.4 is 0 Å². The zero-order valence-corrected chi connectivity index (χ0v) is 20.2. The van der Waals surface area contributed by atoms with Gasteiger partial charge in [0.2, 0.25) is 0 Å². The molecular weight excluding hydrogens is 429 g/mol. The highest BCUT2D eigenvalue weighted by atomic mass is 32.2. The highest BCUT2D eigenvalue weighted by Crippen LogP contribution is 2.31. The molecule has 3 aromatic rings. The van der Waals surface area contributed by atoms with Gasteiger partial charge in [-0.25, -0.2) is 4.39 Å². The van der Waals surface area contributed by atoms with E-state index in [1.807, 2.05) is 30.5 Å². The van der Waals surface area contributed by atoms with Gasteiger partial charge in [0.25, 0.3) is 0 Å². The minimum absolute atomic E-state index is 0.0562. The molecule has 0 fully saturated rings. The number of hydrogen-bond acceptors (Lipinski definition) is 6. The summed E-state index contributed by atoms with van der Waals surface area (Å²) in [4.78, 5) is 30.2. The molecule has 0 saturated carbocycles. The van der Waals surface area contributed by atoms with Crippen molar-refractivity contribution in [3.05, 3.63) is 58.4 Å². The van der Waals surface area contributed by atoms with Crippen LogP contribution in [0, 0.1) is 19.7 Å². The monoisotopic (exact) mass is 457 g/mol. The Labute approximate surface area is 191 Å². The van der Waals surface area contributed by atoms with E-state index in [4.69, 9.17) is 0 Å². The fourth-order valence-corrected chi connectivity index (χ4v) is 4.56. The number of ketones is 2. The second kappa shape index (κ2) is 9.38. The molecule has 0 saturated heterocycles. The number of carbonyl (C=O) groups excluding carboxylic acids is 2. The van der Waals surface area contributed by atoms with Crippen LogP contribution in [-0.2, 0) is 0 Å². The Kier molecular flexibility index (Phi) is 7.00. The first-order chi connectivity index (χ1) is 15.0. The van der Waals surface area contributed by atoms with Gasteiger partial charge in [0.1, 0.15) is 5.82 Å². The molecule has 0 aliphatic rings. The molecular formula is C23H28FN5O2S. The third-order valence-electron chi connectivity index (χ3n) is 5.58. The summed E-state index contributed by atoms with van der Waals surface area (Å²) < 4.78 is 15.4. The van der Waals surface area contributed by atoms with Crippen molar-refractivity contribution in [1.29, 1.82) is 0 Å². The number of benzene rings is 1. The molecule has 7 nitrogen and oxygen atoms in total. The minimum atomic E-state index is -0.488.